The molecule has 140 valence electrons. The number of amides is 1. The van der Waals surface area contributed by atoms with E-state index in [4.69, 9.17) is 4.74 Å². The Morgan fingerprint density at radius 3 is 2.70 bits per heavy atom. The Morgan fingerprint density at radius 2 is 2.04 bits per heavy atom. The number of hydrogen-bond donors (Lipinski definition) is 0. The van der Waals surface area contributed by atoms with Crippen LogP contribution in [0.2, 0.25) is 0 Å². The highest BCUT2D eigenvalue weighted by Gasteiger charge is 2.13. The monoisotopic (exact) mass is 449 g/mol. The Hall–Kier alpha value is -2.36. The van der Waals surface area contributed by atoms with Gasteiger partial charge < -0.3 is 9.30 Å². The van der Waals surface area contributed by atoms with E-state index in [9.17, 15) is 14.9 Å². The lowest BCUT2D eigenvalue weighted by atomic mass is 10.2. The molecular formula is C18H16BrN3O4S. The minimum absolute atomic E-state index is 0.00348. The molecule has 1 amide bonds. The van der Waals surface area contributed by atoms with Gasteiger partial charge in [0.05, 0.1) is 21.7 Å². The maximum atomic E-state index is 12.5. The fourth-order valence-electron chi connectivity index (χ4n) is 2.52. The first kappa shape index (κ1) is 19.4. The molecule has 0 N–H and O–H groups in total. The van der Waals surface area contributed by atoms with Crippen LogP contribution in [0.25, 0.3) is 10.2 Å². The minimum atomic E-state index is -0.437. The quantitative estimate of drug-likeness (QED) is 0.321. The fourth-order valence-corrected chi connectivity index (χ4v) is 3.82. The summed E-state index contributed by atoms with van der Waals surface area (Å²) in [5.74, 6) is -0.367. The zero-order valence-corrected chi connectivity index (χ0v) is 16.8. The van der Waals surface area contributed by atoms with Crippen LogP contribution in [0.5, 0.6) is 0 Å². The maximum absolute atomic E-state index is 12.5. The second-order valence-electron chi connectivity index (χ2n) is 5.57. The van der Waals surface area contributed by atoms with Crippen molar-refractivity contribution < 1.29 is 14.5 Å². The van der Waals surface area contributed by atoms with Gasteiger partial charge >= 0.3 is 0 Å². The van der Waals surface area contributed by atoms with Gasteiger partial charge in [0.15, 0.2) is 4.80 Å². The molecule has 7 nitrogen and oxygen atoms in total. The number of non-ortho nitro benzene ring substituents is 1. The third-order valence-corrected chi connectivity index (χ3v) is 5.42. The van der Waals surface area contributed by atoms with E-state index in [1.807, 2.05) is 6.92 Å². The van der Waals surface area contributed by atoms with Crippen LogP contribution in [0, 0.1) is 10.1 Å². The molecule has 2 aromatic carbocycles. The van der Waals surface area contributed by atoms with Gasteiger partial charge in [-0.2, -0.15) is 4.99 Å². The second kappa shape index (κ2) is 8.55. The standard InChI is InChI=1S/C18H16BrN3O4S/c1-2-26-10-9-21-15-11-14(22(24)25)7-8-16(15)27-18(21)20-17(23)12-3-5-13(19)6-4-12/h3-8,11H,2,9-10H2,1H3. The molecule has 1 heterocycles. The summed E-state index contributed by atoms with van der Waals surface area (Å²) >= 11 is 4.65. The van der Waals surface area contributed by atoms with Gasteiger partial charge in [-0.3, -0.25) is 14.9 Å². The molecule has 0 aliphatic carbocycles. The number of fused-ring (bicyclic) bond motifs is 1. The predicted octanol–water partition coefficient (Wildman–Crippen LogP) is 4.15. The van der Waals surface area contributed by atoms with E-state index in [2.05, 4.69) is 20.9 Å². The molecule has 3 rings (SSSR count). The highest BCUT2D eigenvalue weighted by atomic mass is 79.9. The van der Waals surface area contributed by atoms with Gasteiger partial charge in [-0.1, -0.05) is 27.3 Å². The number of halogens is 1. The SMILES string of the molecule is CCOCCn1c(=NC(=O)c2ccc(Br)cc2)sc2ccc([N+](=O)[O-])cc21. The Balaban J connectivity index is 2.09. The van der Waals surface area contributed by atoms with Gasteiger partial charge in [-0.25, -0.2) is 0 Å². The van der Waals surface area contributed by atoms with Crippen LogP contribution in [-0.2, 0) is 11.3 Å². The van der Waals surface area contributed by atoms with Crippen molar-refractivity contribution in [2.45, 2.75) is 13.5 Å². The molecule has 0 saturated carbocycles. The van der Waals surface area contributed by atoms with Crippen LogP contribution in [0.1, 0.15) is 17.3 Å². The number of hydrogen-bond acceptors (Lipinski definition) is 5. The minimum Gasteiger partial charge on any atom is -0.380 e. The lowest BCUT2D eigenvalue weighted by Gasteiger charge is -2.05. The zero-order valence-electron chi connectivity index (χ0n) is 14.4. The number of nitrogens with zero attached hydrogens (tertiary/aromatic N) is 3. The number of aromatic nitrogens is 1. The lowest BCUT2D eigenvalue weighted by molar-refractivity contribution is -0.384. The summed E-state index contributed by atoms with van der Waals surface area (Å²) in [5, 5.41) is 11.1. The number of rotatable bonds is 6. The molecule has 0 bridgehead atoms. The van der Waals surface area contributed by atoms with Crippen molar-refractivity contribution in [2.75, 3.05) is 13.2 Å². The number of thiazole rings is 1. The first-order valence-electron chi connectivity index (χ1n) is 8.19. The number of benzene rings is 2. The molecule has 0 aliphatic heterocycles. The number of nitro benzene ring substituents is 1. The van der Waals surface area contributed by atoms with E-state index < -0.39 is 4.92 Å². The molecule has 0 radical (unpaired) electrons. The molecule has 1 aromatic heterocycles. The van der Waals surface area contributed by atoms with Crippen molar-refractivity contribution >= 4 is 49.1 Å². The molecule has 0 spiro atoms. The highest BCUT2D eigenvalue weighted by molar-refractivity contribution is 9.10. The van der Waals surface area contributed by atoms with Gasteiger partial charge in [0.1, 0.15) is 0 Å². The van der Waals surface area contributed by atoms with Gasteiger partial charge in [0.2, 0.25) is 0 Å². The second-order valence-corrected chi connectivity index (χ2v) is 7.49. The average molecular weight is 450 g/mol. The van der Waals surface area contributed by atoms with Crippen molar-refractivity contribution in [3.05, 3.63) is 67.4 Å². The van der Waals surface area contributed by atoms with Crippen LogP contribution in [0.4, 0.5) is 5.69 Å². The van der Waals surface area contributed by atoms with Crippen molar-refractivity contribution in [1.82, 2.24) is 4.57 Å². The van der Waals surface area contributed by atoms with Gasteiger partial charge in [-0.05, 0) is 37.3 Å². The topological polar surface area (TPSA) is 86.7 Å². The molecule has 0 saturated heterocycles. The zero-order chi connectivity index (χ0) is 19.4. The van der Waals surface area contributed by atoms with Crippen LogP contribution < -0.4 is 4.80 Å². The third-order valence-electron chi connectivity index (χ3n) is 3.83. The molecule has 9 heteroatoms. The molecule has 0 atom stereocenters. The van der Waals surface area contributed by atoms with Crippen LogP contribution in [0.15, 0.2) is 51.9 Å². The molecular weight excluding hydrogens is 434 g/mol. The van der Waals surface area contributed by atoms with Gasteiger partial charge in [0, 0.05) is 35.3 Å². The van der Waals surface area contributed by atoms with Crippen molar-refractivity contribution in [3.8, 4) is 0 Å². The summed E-state index contributed by atoms with van der Waals surface area (Å²) in [5.41, 5.74) is 1.13. The van der Waals surface area contributed by atoms with E-state index in [0.29, 0.717) is 35.6 Å². The summed E-state index contributed by atoms with van der Waals surface area (Å²) in [4.78, 5) is 27.9. The lowest BCUT2D eigenvalue weighted by Crippen LogP contribution is -2.19. The normalized spacial score (nSPS) is 11.9. The third kappa shape index (κ3) is 4.49. The molecule has 0 fully saturated rings. The Bertz CT molecular complexity index is 1060. The molecule has 3 aromatic rings. The summed E-state index contributed by atoms with van der Waals surface area (Å²) in [7, 11) is 0. The average Bonchev–Trinajstić information content (AvgIpc) is 2.99. The number of nitro groups is 1. The number of carbonyl (C=O) groups excluding carboxylic acids is 1. The number of carbonyl (C=O) groups is 1. The van der Waals surface area contributed by atoms with Crippen molar-refractivity contribution in [1.29, 1.82) is 0 Å². The van der Waals surface area contributed by atoms with Crippen LogP contribution in [-0.4, -0.2) is 28.6 Å². The maximum Gasteiger partial charge on any atom is 0.279 e. The Kier molecular flexibility index (Phi) is 6.15. The van der Waals surface area contributed by atoms with E-state index in [-0.39, 0.29) is 11.6 Å². The smallest absolute Gasteiger partial charge is 0.279 e. The summed E-state index contributed by atoms with van der Waals surface area (Å²) in [6.07, 6.45) is 0. The largest absolute Gasteiger partial charge is 0.380 e. The first-order valence-corrected chi connectivity index (χ1v) is 9.80. The first-order chi connectivity index (χ1) is 13.0. The summed E-state index contributed by atoms with van der Waals surface area (Å²) in [6, 6.07) is 11.6. The predicted molar refractivity (Wildman–Crippen MR) is 107 cm³/mol. The molecule has 27 heavy (non-hydrogen) atoms. The fraction of sp³-hybridized carbons (Fsp3) is 0.222. The van der Waals surface area contributed by atoms with Crippen LogP contribution >= 0.6 is 27.3 Å². The highest BCUT2D eigenvalue weighted by Crippen LogP contribution is 2.23. The van der Waals surface area contributed by atoms with Crippen molar-refractivity contribution in [3.63, 3.8) is 0 Å². The van der Waals surface area contributed by atoms with Gasteiger partial charge in [-0.15, -0.1) is 0 Å². The van der Waals surface area contributed by atoms with Crippen LogP contribution in [0.3, 0.4) is 0 Å². The summed E-state index contributed by atoms with van der Waals surface area (Å²) in [6.45, 7) is 3.32. The molecule has 0 aliphatic rings. The van der Waals surface area contributed by atoms with E-state index in [1.165, 1.54) is 23.5 Å². The summed E-state index contributed by atoms with van der Waals surface area (Å²) < 4.78 is 8.89. The Morgan fingerprint density at radius 1 is 1.30 bits per heavy atom. The molecule has 0 unspecified atom stereocenters. The number of ether oxygens (including phenoxy) is 1. The Labute approximate surface area is 167 Å². The van der Waals surface area contributed by atoms with Gasteiger partial charge in [0.25, 0.3) is 11.6 Å². The van der Waals surface area contributed by atoms with E-state index >= 15 is 0 Å². The van der Waals surface area contributed by atoms with E-state index in [1.54, 1.807) is 34.9 Å². The van der Waals surface area contributed by atoms with E-state index in [0.717, 1.165) is 9.17 Å². The van der Waals surface area contributed by atoms with Crippen molar-refractivity contribution in [2.24, 2.45) is 4.99 Å².